The van der Waals surface area contributed by atoms with Crippen LogP contribution in [0.3, 0.4) is 0 Å². The molecule has 0 amide bonds. The van der Waals surface area contributed by atoms with Crippen LogP contribution in [-0.4, -0.2) is 6.54 Å². The molecule has 0 saturated heterocycles. The standard InChI is InChI=1S/C11H13F3N4/c1-11(13,14)9-4-7(2-3-10(9)12)17-6-8(5-15)18-16/h2-4,6,16-17H,5,15H2,1H3/b8-6-,18-16?. The van der Waals surface area contributed by atoms with Crippen molar-refractivity contribution >= 4 is 5.69 Å². The number of alkyl halides is 2. The monoisotopic (exact) mass is 258 g/mol. The zero-order valence-corrected chi connectivity index (χ0v) is 9.67. The quantitative estimate of drug-likeness (QED) is 0.709. The van der Waals surface area contributed by atoms with E-state index >= 15 is 0 Å². The van der Waals surface area contributed by atoms with E-state index in [1.54, 1.807) is 0 Å². The van der Waals surface area contributed by atoms with Crippen LogP contribution >= 0.6 is 0 Å². The van der Waals surface area contributed by atoms with Crippen molar-refractivity contribution in [2.24, 2.45) is 10.8 Å². The van der Waals surface area contributed by atoms with Gasteiger partial charge in [-0.25, -0.2) is 18.7 Å². The first-order valence-electron chi connectivity index (χ1n) is 5.09. The third-order valence-electron chi connectivity index (χ3n) is 2.20. The number of rotatable bonds is 5. The Balaban J connectivity index is 2.99. The molecule has 0 aliphatic carbocycles. The summed E-state index contributed by atoms with van der Waals surface area (Å²) in [4.78, 5) is 0. The lowest BCUT2D eigenvalue weighted by molar-refractivity contribution is 0.0138. The average molecular weight is 258 g/mol. The minimum atomic E-state index is -3.26. The molecule has 0 unspecified atom stereocenters. The molecule has 0 saturated carbocycles. The number of halogens is 3. The highest BCUT2D eigenvalue weighted by Gasteiger charge is 2.28. The summed E-state index contributed by atoms with van der Waals surface area (Å²) in [5.74, 6) is -4.23. The lowest BCUT2D eigenvalue weighted by Gasteiger charge is -2.13. The highest BCUT2D eigenvalue weighted by molar-refractivity contribution is 5.49. The van der Waals surface area contributed by atoms with Crippen molar-refractivity contribution in [3.05, 3.63) is 41.5 Å². The van der Waals surface area contributed by atoms with E-state index in [4.69, 9.17) is 11.3 Å². The topological polar surface area (TPSA) is 74.3 Å². The Kier molecular flexibility index (Phi) is 4.43. The molecule has 0 aliphatic rings. The van der Waals surface area contributed by atoms with Crippen molar-refractivity contribution in [3.63, 3.8) is 0 Å². The van der Waals surface area contributed by atoms with Gasteiger partial charge in [0.25, 0.3) is 5.92 Å². The van der Waals surface area contributed by atoms with Crippen molar-refractivity contribution in [2.45, 2.75) is 12.8 Å². The third kappa shape index (κ3) is 3.56. The van der Waals surface area contributed by atoms with Gasteiger partial charge in [0.2, 0.25) is 0 Å². The fraction of sp³-hybridized carbons (Fsp3) is 0.273. The van der Waals surface area contributed by atoms with Gasteiger partial charge in [-0.2, -0.15) is 5.11 Å². The van der Waals surface area contributed by atoms with Crippen molar-refractivity contribution in [2.75, 3.05) is 11.9 Å². The van der Waals surface area contributed by atoms with Gasteiger partial charge in [0.05, 0.1) is 11.3 Å². The summed E-state index contributed by atoms with van der Waals surface area (Å²) in [6, 6.07) is 3.26. The molecule has 4 nitrogen and oxygen atoms in total. The molecule has 1 aromatic carbocycles. The van der Waals surface area contributed by atoms with E-state index in [0.717, 1.165) is 12.1 Å². The Morgan fingerprint density at radius 2 is 2.22 bits per heavy atom. The summed E-state index contributed by atoms with van der Waals surface area (Å²) in [5, 5.41) is 5.74. The van der Waals surface area contributed by atoms with Crippen LogP contribution in [-0.2, 0) is 5.92 Å². The number of benzene rings is 1. The number of hydrogen-bond acceptors (Lipinski definition) is 4. The molecule has 0 aliphatic heterocycles. The van der Waals surface area contributed by atoms with Gasteiger partial charge in [-0.15, -0.1) is 0 Å². The fourth-order valence-corrected chi connectivity index (χ4v) is 1.25. The maximum absolute atomic E-state index is 13.2. The number of anilines is 1. The zero-order chi connectivity index (χ0) is 13.8. The van der Waals surface area contributed by atoms with Crippen LogP contribution in [0.4, 0.5) is 18.9 Å². The van der Waals surface area contributed by atoms with Gasteiger partial charge in [0.1, 0.15) is 5.82 Å². The molecular formula is C11H13F3N4. The first-order valence-corrected chi connectivity index (χ1v) is 5.09. The van der Waals surface area contributed by atoms with Gasteiger partial charge in [-0.1, -0.05) is 0 Å². The minimum absolute atomic E-state index is 0.0362. The summed E-state index contributed by atoms with van der Waals surface area (Å²) in [6.45, 7) is 0.657. The fourth-order valence-electron chi connectivity index (χ4n) is 1.25. The first-order chi connectivity index (χ1) is 8.38. The molecular weight excluding hydrogens is 245 g/mol. The maximum Gasteiger partial charge on any atom is 0.273 e. The van der Waals surface area contributed by atoms with Crippen LogP contribution in [0.25, 0.3) is 0 Å². The SMILES string of the molecule is CC(F)(F)c1cc(N/C=C(/CN)N=N)ccc1F. The smallest absolute Gasteiger partial charge is 0.273 e. The second-order valence-corrected chi connectivity index (χ2v) is 3.68. The van der Waals surface area contributed by atoms with Crippen molar-refractivity contribution in [1.82, 2.24) is 0 Å². The maximum atomic E-state index is 13.2. The summed E-state index contributed by atoms with van der Waals surface area (Å²) in [6.07, 6.45) is 1.30. The predicted molar refractivity (Wildman–Crippen MR) is 61.9 cm³/mol. The number of nitrogens with zero attached hydrogens (tertiary/aromatic N) is 1. The summed E-state index contributed by atoms with van der Waals surface area (Å²) >= 11 is 0. The van der Waals surface area contributed by atoms with E-state index in [1.807, 2.05) is 0 Å². The molecule has 0 radical (unpaired) electrons. The lowest BCUT2D eigenvalue weighted by atomic mass is 10.1. The first kappa shape index (κ1) is 14.2. The van der Waals surface area contributed by atoms with E-state index in [9.17, 15) is 13.2 Å². The number of hydrogen-bond donors (Lipinski definition) is 3. The Bertz CT molecular complexity index is 466. The van der Waals surface area contributed by atoms with Crippen molar-refractivity contribution in [1.29, 1.82) is 5.53 Å². The molecule has 4 N–H and O–H groups in total. The van der Waals surface area contributed by atoms with Crippen molar-refractivity contribution < 1.29 is 13.2 Å². The highest BCUT2D eigenvalue weighted by Crippen LogP contribution is 2.31. The van der Waals surface area contributed by atoms with Crippen LogP contribution in [0, 0.1) is 11.3 Å². The molecule has 7 heteroatoms. The molecule has 98 valence electrons. The summed E-state index contributed by atoms with van der Waals surface area (Å²) in [5.41, 5.74) is 11.8. The average Bonchev–Trinajstić information content (AvgIpc) is 2.31. The molecule has 0 heterocycles. The van der Waals surface area contributed by atoms with Gasteiger partial charge in [-0.3, -0.25) is 0 Å². The Morgan fingerprint density at radius 3 is 2.72 bits per heavy atom. The molecule has 0 spiro atoms. The number of nitrogens with one attached hydrogen (secondary N) is 2. The lowest BCUT2D eigenvalue weighted by Crippen LogP contribution is -2.10. The van der Waals surface area contributed by atoms with E-state index in [-0.39, 0.29) is 17.9 Å². The van der Waals surface area contributed by atoms with Crippen molar-refractivity contribution in [3.8, 4) is 0 Å². The molecule has 1 aromatic rings. The van der Waals surface area contributed by atoms with Gasteiger partial charge in [-0.05, 0) is 18.2 Å². The Morgan fingerprint density at radius 1 is 1.56 bits per heavy atom. The van der Waals surface area contributed by atoms with E-state index in [2.05, 4.69) is 10.4 Å². The van der Waals surface area contributed by atoms with Crippen LogP contribution in [0.15, 0.2) is 35.2 Å². The molecule has 0 fully saturated rings. The third-order valence-corrected chi connectivity index (χ3v) is 2.20. The van der Waals surface area contributed by atoms with E-state index in [1.165, 1.54) is 12.3 Å². The second-order valence-electron chi connectivity index (χ2n) is 3.68. The molecule has 0 bridgehead atoms. The molecule has 18 heavy (non-hydrogen) atoms. The summed E-state index contributed by atoms with van der Waals surface area (Å²) < 4.78 is 39.4. The molecule has 0 atom stereocenters. The van der Waals surface area contributed by atoms with E-state index < -0.39 is 17.3 Å². The van der Waals surface area contributed by atoms with Crippen LogP contribution in [0.1, 0.15) is 12.5 Å². The largest absolute Gasteiger partial charge is 0.360 e. The number of nitrogens with two attached hydrogens (primary N) is 1. The predicted octanol–water partition coefficient (Wildman–Crippen LogP) is 3.18. The van der Waals surface area contributed by atoms with Gasteiger partial charge in [0.15, 0.2) is 0 Å². The second kappa shape index (κ2) is 5.63. The molecule has 0 aromatic heterocycles. The van der Waals surface area contributed by atoms with Crippen LogP contribution in [0.2, 0.25) is 0 Å². The normalized spacial score (nSPS) is 12.4. The molecule has 1 rings (SSSR count). The Labute approximate surface area is 102 Å². The zero-order valence-electron chi connectivity index (χ0n) is 9.67. The van der Waals surface area contributed by atoms with Crippen LogP contribution < -0.4 is 11.1 Å². The van der Waals surface area contributed by atoms with Crippen LogP contribution in [0.5, 0.6) is 0 Å². The minimum Gasteiger partial charge on any atom is -0.360 e. The van der Waals surface area contributed by atoms with Gasteiger partial charge < -0.3 is 11.1 Å². The summed E-state index contributed by atoms with van der Waals surface area (Å²) in [7, 11) is 0. The van der Waals surface area contributed by atoms with E-state index in [0.29, 0.717) is 6.92 Å². The highest BCUT2D eigenvalue weighted by atomic mass is 19.3. The van der Waals surface area contributed by atoms with Gasteiger partial charge >= 0.3 is 0 Å². The Hall–Kier alpha value is -1.89. The van der Waals surface area contributed by atoms with Gasteiger partial charge in [0, 0.05) is 25.4 Å².